The highest BCUT2D eigenvalue weighted by atomic mass is 16.4. The molecule has 0 spiro atoms. The first-order valence-electron chi connectivity index (χ1n) is 15.7. The lowest BCUT2D eigenvalue weighted by atomic mass is 9.79. The molecule has 3 atom stereocenters. The van der Waals surface area contributed by atoms with Crippen LogP contribution in [0.15, 0.2) is 52.1 Å². The van der Waals surface area contributed by atoms with E-state index in [0.29, 0.717) is 23.6 Å². The molecule has 1 aliphatic carbocycles. The van der Waals surface area contributed by atoms with Gasteiger partial charge in [-0.25, -0.2) is 4.98 Å². The molecule has 0 radical (unpaired) electrons. The highest BCUT2D eigenvalue weighted by Gasteiger charge is 2.42. The highest BCUT2D eigenvalue weighted by molar-refractivity contribution is 5.78. The van der Waals surface area contributed by atoms with E-state index in [2.05, 4.69) is 4.90 Å². The van der Waals surface area contributed by atoms with E-state index in [1.54, 1.807) is 12.1 Å². The van der Waals surface area contributed by atoms with Gasteiger partial charge in [-0.15, -0.1) is 0 Å². The van der Waals surface area contributed by atoms with Crippen molar-refractivity contribution in [3.63, 3.8) is 0 Å². The molecule has 2 bridgehead atoms. The van der Waals surface area contributed by atoms with Crippen LogP contribution in [0.4, 0.5) is 0 Å². The van der Waals surface area contributed by atoms with Crippen LogP contribution in [0.3, 0.4) is 0 Å². The standard InChI is InChI=1S/C33H42N4O4/c38-30-19-11-18-29(35(30)22-31(39)40)32-33(41)37(28-17-9-8-16-27(28)34-32)26-20-24-14-10-15-25(21-26)36(24)23-12-6-4-2-1-3-5-7-13-23/h8-9,11,16-19,23-26H,1-7,10,12-15,20-22H2,(H,39,40)/t24-,25+,26+. The number of hydrogen-bond donors (Lipinski definition) is 1. The van der Waals surface area contributed by atoms with Gasteiger partial charge in [0, 0.05) is 30.2 Å². The van der Waals surface area contributed by atoms with Gasteiger partial charge in [0.05, 0.1) is 16.7 Å². The van der Waals surface area contributed by atoms with Gasteiger partial charge >= 0.3 is 5.97 Å². The van der Waals surface area contributed by atoms with Crippen LogP contribution in [0.2, 0.25) is 0 Å². The Balaban J connectivity index is 1.39. The second kappa shape index (κ2) is 12.3. The number of carbonyl (C=O) groups is 1. The predicted molar refractivity (Wildman–Crippen MR) is 160 cm³/mol. The minimum absolute atomic E-state index is 0.0311. The quantitative estimate of drug-likeness (QED) is 0.428. The zero-order chi connectivity index (χ0) is 28.3. The van der Waals surface area contributed by atoms with Crippen LogP contribution in [0.5, 0.6) is 0 Å². The van der Waals surface area contributed by atoms with Crippen molar-refractivity contribution in [3.8, 4) is 11.4 Å². The van der Waals surface area contributed by atoms with Crippen LogP contribution in [0.25, 0.3) is 22.4 Å². The van der Waals surface area contributed by atoms with Crippen molar-refractivity contribution in [2.75, 3.05) is 0 Å². The molecular weight excluding hydrogens is 516 g/mol. The number of carboxylic acid groups (broad SMARTS) is 1. The Morgan fingerprint density at radius 3 is 2.07 bits per heavy atom. The molecule has 41 heavy (non-hydrogen) atoms. The average molecular weight is 559 g/mol. The summed E-state index contributed by atoms with van der Waals surface area (Å²) in [6, 6.07) is 13.8. The van der Waals surface area contributed by atoms with Gasteiger partial charge in [0.2, 0.25) is 0 Å². The van der Waals surface area contributed by atoms with Crippen LogP contribution in [0, 0.1) is 0 Å². The molecule has 0 unspecified atom stereocenters. The Hall–Kier alpha value is -3.26. The SMILES string of the molecule is O=C(O)Cn1c(-c2nc3ccccc3n([C@H]3C[C@H]4CCC[C@@H](C3)N4C3CCCCCCCCC3)c2=O)cccc1=O. The minimum Gasteiger partial charge on any atom is -0.480 e. The molecule has 2 aliphatic heterocycles. The summed E-state index contributed by atoms with van der Waals surface area (Å²) in [5.74, 6) is -1.14. The number of benzene rings is 1. The van der Waals surface area contributed by atoms with Gasteiger partial charge in [-0.3, -0.25) is 23.9 Å². The molecule has 0 amide bonds. The van der Waals surface area contributed by atoms with E-state index < -0.39 is 18.1 Å². The second-order valence-electron chi connectivity index (χ2n) is 12.4. The lowest BCUT2D eigenvalue weighted by molar-refractivity contribution is -0.137. The third-order valence-corrected chi connectivity index (χ3v) is 9.75. The molecule has 8 nitrogen and oxygen atoms in total. The Kier molecular flexibility index (Phi) is 8.37. The number of aliphatic carboxylic acids is 1. The first-order chi connectivity index (χ1) is 20.0. The lowest BCUT2D eigenvalue weighted by Gasteiger charge is -2.53. The highest BCUT2D eigenvalue weighted by Crippen LogP contribution is 2.42. The van der Waals surface area contributed by atoms with Crippen molar-refractivity contribution in [1.82, 2.24) is 19.0 Å². The molecular formula is C33H42N4O4. The summed E-state index contributed by atoms with van der Waals surface area (Å²) in [7, 11) is 0. The van der Waals surface area contributed by atoms with Crippen molar-refractivity contribution >= 4 is 17.0 Å². The molecule has 8 heteroatoms. The summed E-state index contributed by atoms with van der Waals surface area (Å²) in [6.45, 7) is -0.521. The molecule has 2 saturated heterocycles. The molecule has 4 heterocycles. The lowest BCUT2D eigenvalue weighted by Crippen LogP contribution is -2.57. The van der Waals surface area contributed by atoms with Crippen molar-refractivity contribution in [2.45, 2.75) is 121 Å². The number of fused-ring (bicyclic) bond motifs is 3. The van der Waals surface area contributed by atoms with E-state index in [1.807, 2.05) is 28.8 Å². The van der Waals surface area contributed by atoms with Gasteiger partial charge in [-0.2, -0.15) is 0 Å². The summed E-state index contributed by atoms with van der Waals surface area (Å²) >= 11 is 0. The van der Waals surface area contributed by atoms with E-state index >= 15 is 0 Å². The number of carboxylic acids is 1. The third kappa shape index (κ3) is 5.76. The van der Waals surface area contributed by atoms with Crippen LogP contribution < -0.4 is 11.1 Å². The fraction of sp³-hybridized carbons (Fsp3) is 0.576. The number of pyridine rings is 1. The molecule has 1 aromatic carbocycles. The largest absolute Gasteiger partial charge is 0.480 e. The molecule has 3 aliphatic rings. The monoisotopic (exact) mass is 558 g/mol. The van der Waals surface area contributed by atoms with Crippen molar-refractivity contribution in [1.29, 1.82) is 0 Å². The predicted octanol–water partition coefficient (Wildman–Crippen LogP) is 5.76. The summed E-state index contributed by atoms with van der Waals surface area (Å²) in [5.41, 5.74) is 1.17. The Morgan fingerprint density at radius 2 is 1.39 bits per heavy atom. The number of piperidine rings is 2. The zero-order valence-electron chi connectivity index (χ0n) is 23.9. The average Bonchev–Trinajstić information content (AvgIpc) is 2.96. The maximum atomic E-state index is 14.3. The van der Waals surface area contributed by atoms with E-state index in [9.17, 15) is 19.5 Å². The van der Waals surface area contributed by atoms with Crippen molar-refractivity contribution < 1.29 is 9.90 Å². The molecule has 3 aromatic rings. The van der Waals surface area contributed by atoms with E-state index in [-0.39, 0.29) is 23.0 Å². The molecule has 1 N–H and O–H groups in total. The van der Waals surface area contributed by atoms with E-state index in [0.717, 1.165) is 22.9 Å². The van der Waals surface area contributed by atoms with Gasteiger partial charge in [-0.05, 0) is 56.7 Å². The smallest absolute Gasteiger partial charge is 0.323 e. The minimum atomic E-state index is -1.14. The van der Waals surface area contributed by atoms with Gasteiger partial charge in [0.15, 0.2) is 5.69 Å². The topological polar surface area (TPSA) is 97.4 Å². The summed E-state index contributed by atoms with van der Waals surface area (Å²) in [5, 5.41) is 9.48. The van der Waals surface area contributed by atoms with Crippen LogP contribution in [0.1, 0.15) is 95.9 Å². The summed E-state index contributed by atoms with van der Waals surface area (Å²) in [4.78, 5) is 46.2. The van der Waals surface area contributed by atoms with Crippen molar-refractivity contribution in [2.24, 2.45) is 0 Å². The number of para-hydroxylation sites is 2. The summed E-state index contributed by atoms with van der Waals surface area (Å²) < 4.78 is 3.07. The number of nitrogens with zero attached hydrogens (tertiary/aromatic N) is 4. The van der Waals surface area contributed by atoms with Gasteiger partial charge in [0.25, 0.3) is 11.1 Å². The van der Waals surface area contributed by atoms with Gasteiger partial charge in [0.1, 0.15) is 6.54 Å². The normalized spacial score (nSPS) is 24.7. The molecule has 1 saturated carbocycles. The molecule has 6 rings (SSSR count). The maximum absolute atomic E-state index is 14.3. The first-order valence-corrected chi connectivity index (χ1v) is 15.7. The van der Waals surface area contributed by atoms with E-state index in [1.165, 1.54) is 83.1 Å². The zero-order valence-corrected chi connectivity index (χ0v) is 23.9. The second-order valence-corrected chi connectivity index (χ2v) is 12.4. The number of aromatic nitrogens is 3. The Morgan fingerprint density at radius 1 is 0.756 bits per heavy atom. The number of hydrogen-bond acceptors (Lipinski definition) is 5. The summed E-state index contributed by atoms with van der Waals surface area (Å²) in [6.07, 6.45) is 17.4. The Labute approximate surface area is 241 Å². The van der Waals surface area contributed by atoms with Crippen LogP contribution in [-0.2, 0) is 11.3 Å². The van der Waals surface area contributed by atoms with Crippen molar-refractivity contribution in [3.05, 3.63) is 63.2 Å². The molecule has 218 valence electrons. The van der Waals surface area contributed by atoms with Gasteiger partial charge < -0.3 is 9.67 Å². The van der Waals surface area contributed by atoms with E-state index in [4.69, 9.17) is 4.98 Å². The maximum Gasteiger partial charge on any atom is 0.323 e. The molecule has 2 aromatic heterocycles. The van der Waals surface area contributed by atoms with Gasteiger partial charge in [-0.1, -0.05) is 69.6 Å². The fourth-order valence-corrected chi connectivity index (χ4v) is 7.99. The first kappa shape index (κ1) is 27.9. The Bertz CT molecular complexity index is 1490. The van der Waals surface area contributed by atoms with Crippen LogP contribution >= 0.6 is 0 Å². The number of rotatable bonds is 5. The molecule has 3 fully saturated rings. The van der Waals surface area contributed by atoms with Crippen LogP contribution in [-0.4, -0.2) is 48.2 Å². The third-order valence-electron chi connectivity index (χ3n) is 9.75. The fourth-order valence-electron chi connectivity index (χ4n) is 7.99.